The molecule has 0 aliphatic carbocycles. The zero-order valence-electron chi connectivity index (χ0n) is 11.5. The average molecular weight is 316 g/mol. The molecule has 0 spiro atoms. The molecule has 0 amide bonds. The second-order valence-corrected chi connectivity index (χ2v) is 5.80. The molecule has 1 N–H and O–H groups in total. The molecule has 0 saturated carbocycles. The summed E-state index contributed by atoms with van der Waals surface area (Å²) in [4.78, 5) is 0. The van der Waals surface area contributed by atoms with Crippen LogP contribution in [0.2, 0.25) is 0 Å². The Morgan fingerprint density at radius 3 is 2.67 bits per heavy atom. The van der Waals surface area contributed by atoms with Gasteiger partial charge < -0.3 is 5.32 Å². The van der Waals surface area contributed by atoms with Gasteiger partial charge in [0.25, 0.3) is 0 Å². The molecule has 1 nitrogen and oxygen atoms in total. The first-order chi connectivity index (χ1) is 8.58. The SMILES string of the molecule is CCCNC(Cc1cc(Br)ccc1F)C(C)CC. The van der Waals surface area contributed by atoms with Crippen LogP contribution >= 0.6 is 15.9 Å². The first-order valence-electron chi connectivity index (χ1n) is 6.75. The lowest BCUT2D eigenvalue weighted by molar-refractivity contribution is 0.361. The first-order valence-corrected chi connectivity index (χ1v) is 7.55. The Balaban J connectivity index is 2.77. The third-order valence-corrected chi connectivity index (χ3v) is 3.93. The number of hydrogen-bond donors (Lipinski definition) is 1. The lowest BCUT2D eigenvalue weighted by Gasteiger charge is -2.24. The molecule has 0 aliphatic rings. The van der Waals surface area contributed by atoms with Gasteiger partial charge in [0, 0.05) is 10.5 Å². The van der Waals surface area contributed by atoms with E-state index >= 15 is 0 Å². The van der Waals surface area contributed by atoms with E-state index in [1.807, 2.05) is 6.07 Å². The lowest BCUT2D eigenvalue weighted by atomic mass is 9.92. The molecule has 0 heterocycles. The van der Waals surface area contributed by atoms with E-state index in [0.29, 0.717) is 12.0 Å². The lowest BCUT2D eigenvalue weighted by Crippen LogP contribution is -2.37. The van der Waals surface area contributed by atoms with Crippen LogP contribution in [0.4, 0.5) is 4.39 Å². The van der Waals surface area contributed by atoms with E-state index < -0.39 is 0 Å². The molecule has 2 atom stereocenters. The summed E-state index contributed by atoms with van der Waals surface area (Å²) in [6.07, 6.45) is 2.96. The van der Waals surface area contributed by atoms with E-state index in [1.165, 1.54) is 6.07 Å². The van der Waals surface area contributed by atoms with Gasteiger partial charge in [0.1, 0.15) is 5.82 Å². The minimum atomic E-state index is -0.107. The fourth-order valence-electron chi connectivity index (χ4n) is 2.03. The molecule has 0 fully saturated rings. The van der Waals surface area contributed by atoms with E-state index in [9.17, 15) is 4.39 Å². The van der Waals surface area contributed by atoms with Gasteiger partial charge >= 0.3 is 0 Å². The molecule has 3 heteroatoms. The maximum absolute atomic E-state index is 13.8. The van der Waals surface area contributed by atoms with E-state index in [1.54, 1.807) is 6.07 Å². The van der Waals surface area contributed by atoms with Crippen molar-refractivity contribution in [1.82, 2.24) is 5.32 Å². The minimum Gasteiger partial charge on any atom is -0.313 e. The number of halogens is 2. The predicted molar refractivity (Wildman–Crippen MR) is 79.3 cm³/mol. The quantitative estimate of drug-likeness (QED) is 0.778. The topological polar surface area (TPSA) is 12.0 Å². The molecule has 0 aromatic heterocycles. The highest BCUT2D eigenvalue weighted by molar-refractivity contribution is 9.10. The number of nitrogens with one attached hydrogen (secondary N) is 1. The molecule has 2 unspecified atom stereocenters. The van der Waals surface area contributed by atoms with Crippen molar-refractivity contribution in [2.75, 3.05) is 6.54 Å². The van der Waals surface area contributed by atoms with Crippen LogP contribution in [0.1, 0.15) is 39.2 Å². The van der Waals surface area contributed by atoms with Gasteiger partial charge in [-0.3, -0.25) is 0 Å². The molecule has 1 aromatic carbocycles. The van der Waals surface area contributed by atoms with E-state index in [-0.39, 0.29) is 5.82 Å². The molecular weight excluding hydrogens is 293 g/mol. The summed E-state index contributed by atoms with van der Waals surface area (Å²) in [5.74, 6) is 0.444. The highest BCUT2D eigenvalue weighted by Crippen LogP contribution is 2.20. The van der Waals surface area contributed by atoms with Gasteiger partial charge in [-0.15, -0.1) is 0 Å². The van der Waals surface area contributed by atoms with Crippen molar-refractivity contribution in [3.05, 3.63) is 34.1 Å². The Morgan fingerprint density at radius 1 is 1.33 bits per heavy atom. The molecule has 1 aromatic rings. The summed E-state index contributed by atoms with van der Waals surface area (Å²) < 4.78 is 14.7. The van der Waals surface area contributed by atoms with Crippen LogP contribution in [-0.2, 0) is 6.42 Å². The summed E-state index contributed by atoms with van der Waals surface area (Å²) in [6, 6.07) is 5.51. The highest BCUT2D eigenvalue weighted by Gasteiger charge is 2.17. The van der Waals surface area contributed by atoms with Gasteiger partial charge in [0.05, 0.1) is 0 Å². The molecule has 0 radical (unpaired) electrons. The van der Waals surface area contributed by atoms with Crippen LogP contribution < -0.4 is 5.32 Å². The predicted octanol–water partition coefficient (Wildman–Crippen LogP) is 4.55. The normalized spacial score (nSPS) is 14.5. The summed E-state index contributed by atoms with van der Waals surface area (Å²) >= 11 is 3.41. The van der Waals surface area contributed by atoms with Crippen LogP contribution in [0.15, 0.2) is 22.7 Å². The smallest absolute Gasteiger partial charge is 0.126 e. The van der Waals surface area contributed by atoms with E-state index in [4.69, 9.17) is 0 Å². The largest absolute Gasteiger partial charge is 0.313 e. The Bertz CT molecular complexity index is 368. The molecule has 0 saturated heterocycles. The van der Waals surface area contributed by atoms with E-state index in [2.05, 4.69) is 42.0 Å². The first kappa shape index (κ1) is 15.6. The standard InChI is InChI=1S/C15H23BrFN/c1-4-8-18-15(11(3)5-2)10-12-9-13(16)6-7-14(12)17/h6-7,9,11,15,18H,4-5,8,10H2,1-3H3. The Labute approximate surface area is 118 Å². The molecule has 0 aliphatic heterocycles. The van der Waals surface area contributed by atoms with Crippen molar-refractivity contribution in [1.29, 1.82) is 0 Å². The molecule has 18 heavy (non-hydrogen) atoms. The zero-order chi connectivity index (χ0) is 13.5. The van der Waals surface area contributed by atoms with Gasteiger partial charge in [-0.2, -0.15) is 0 Å². The molecule has 0 bridgehead atoms. The summed E-state index contributed by atoms with van der Waals surface area (Å²) in [6.45, 7) is 7.55. The fourth-order valence-corrected chi connectivity index (χ4v) is 2.43. The van der Waals surface area contributed by atoms with Gasteiger partial charge in [0.2, 0.25) is 0 Å². The van der Waals surface area contributed by atoms with Gasteiger partial charge in [-0.05, 0) is 49.1 Å². The number of hydrogen-bond acceptors (Lipinski definition) is 1. The third-order valence-electron chi connectivity index (χ3n) is 3.43. The molecule has 1 rings (SSSR count). The summed E-state index contributed by atoms with van der Waals surface area (Å²) in [7, 11) is 0. The minimum absolute atomic E-state index is 0.107. The highest BCUT2D eigenvalue weighted by atomic mass is 79.9. The van der Waals surface area contributed by atoms with Crippen LogP contribution in [0.25, 0.3) is 0 Å². The van der Waals surface area contributed by atoms with Gasteiger partial charge in [0.15, 0.2) is 0 Å². The van der Waals surface area contributed by atoms with Gasteiger partial charge in [-0.25, -0.2) is 4.39 Å². The summed E-state index contributed by atoms with van der Waals surface area (Å²) in [5, 5.41) is 3.53. The van der Waals surface area contributed by atoms with Crippen LogP contribution in [-0.4, -0.2) is 12.6 Å². The molecular formula is C15H23BrFN. The van der Waals surface area contributed by atoms with Crippen molar-refractivity contribution in [3.8, 4) is 0 Å². The van der Waals surface area contributed by atoms with Crippen LogP contribution in [0.5, 0.6) is 0 Å². The Hall–Kier alpha value is -0.410. The molecule has 102 valence electrons. The van der Waals surface area contributed by atoms with Crippen molar-refractivity contribution in [2.24, 2.45) is 5.92 Å². The summed E-state index contributed by atoms with van der Waals surface area (Å²) in [5.41, 5.74) is 0.790. The monoisotopic (exact) mass is 315 g/mol. The Morgan fingerprint density at radius 2 is 2.06 bits per heavy atom. The third kappa shape index (κ3) is 4.69. The number of benzene rings is 1. The maximum atomic E-state index is 13.8. The second kappa shape index (κ2) is 7.90. The maximum Gasteiger partial charge on any atom is 0.126 e. The average Bonchev–Trinajstić information content (AvgIpc) is 2.37. The van der Waals surface area contributed by atoms with Gasteiger partial charge in [-0.1, -0.05) is 43.1 Å². The number of rotatable bonds is 7. The zero-order valence-corrected chi connectivity index (χ0v) is 13.1. The van der Waals surface area contributed by atoms with Crippen molar-refractivity contribution in [3.63, 3.8) is 0 Å². The van der Waals surface area contributed by atoms with Crippen LogP contribution in [0, 0.1) is 11.7 Å². The second-order valence-electron chi connectivity index (χ2n) is 4.89. The van der Waals surface area contributed by atoms with Crippen molar-refractivity contribution in [2.45, 2.75) is 46.1 Å². The van der Waals surface area contributed by atoms with Crippen molar-refractivity contribution >= 4 is 15.9 Å². The van der Waals surface area contributed by atoms with Crippen molar-refractivity contribution < 1.29 is 4.39 Å². The Kier molecular flexibility index (Phi) is 6.87. The fraction of sp³-hybridized carbons (Fsp3) is 0.600. The van der Waals surface area contributed by atoms with Crippen LogP contribution in [0.3, 0.4) is 0 Å². The van der Waals surface area contributed by atoms with E-state index in [0.717, 1.165) is 35.8 Å².